The van der Waals surface area contributed by atoms with Crippen molar-refractivity contribution in [3.05, 3.63) is 41.5 Å². The van der Waals surface area contributed by atoms with Gasteiger partial charge in [-0.15, -0.1) is 0 Å². The Morgan fingerprint density at radius 1 is 1.14 bits per heavy atom. The van der Waals surface area contributed by atoms with Crippen molar-refractivity contribution in [1.29, 1.82) is 0 Å². The standard InChI is InChI=1S/C25H24F2N4O3S/c1-5-15-17(26)7-6-13-10-14(34-12-32-3)11-16(18(13)15)21-20(27)22-19-23(30-25(29-22)35-4)31(2)8-9-33-24(19)28-21/h6-7,10-11H,5,8-9,12H2,1-4H3. The molecule has 182 valence electrons. The number of anilines is 1. The Morgan fingerprint density at radius 3 is 2.71 bits per heavy atom. The summed E-state index contributed by atoms with van der Waals surface area (Å²) >= 11 is 1.32. The number of thioether (sulfide) groups is 1. The van der Waals surface area contributed by atoms with Gasteiger partial charge in [-0.05, 0) is 47.2 Å². The summed E-state index contributed by atoms with van der Waals surface area (Å²) in [6, 6.07) is 6.50. The number of hydrogen-bond acceptors (Lipinski definition) is 8. The first-order chi connectivity index (χ1) is 17.0. The average molecular weight is 499 g/mol. The highest BCUT2D eigenvalue weighted by Crippen LogP contribution is 2.42. The van der Waals surface area contributed by atoms with Gasteiger partial charge in [-0.25, -0.2) is 23.7 Å². The maximum atomic E-state index is 16.3. The van der Waals surface area contributed by atoms with Crippen molar-refractivity contribution in [3.8, 4) is 22.9 Å². The fraction of sp³-hybridized carbons (Fsp3) is 0.320. The van der Waals surface area contributed by atoms with E-state index >= 15 is 4.39 Å². The molecule has 1 aliphatic rings. The van der Waals surface area contributed by atoms with Gasteiger partial charge in [0, 0.05) is 19.7 Å². The highest BCUT2D eigenvalue weighted by atomic mass is 32.2. The summed E-state index contributed by atoms with van der Waals surface area (Å²) in [7, 11) is 3.39. The van der Waals surface area contributed by atoms with Gasteiger partial charge in [0.15, 0.2) is 17.8 Å². The molecule has 0 bridgehead atoms. The van der Waals surface area contributed by atoms with Crippen LogP contribution in [0, 0.1) is 11.6 Å². The summed E-state index contributed by atoms with van der Waals surface area (Å²) in [5, 5.41) is 2.13. The zero-order chi connectivity index (χ0) is 24.7. The molecule has 0 spiro atoms. The third-order valence-electron chi connectivity index (χ3n) is 6.02. The van der Waals surface area contributed by atoms with E-state index in [-0.39, 0.29) is 29.7 Å². The summed E-state index contributed by atoms with van der Waals surface area (Å²) < 4.78 is 47.8. The van der Waals surface area contributed by atoms with Crippen molar-refractivity contribution in [1.82, 2.24) is 15.0 Å². The van der Waals surface area contributed by atoms with Crippen LogP contribution < -0.4 is 14.4 Å². The van der Waals surface area contributed by atoms with Gasteiger partial charge in [-0.3, -0.25) is 0 Å². The van der Waals surface area contributed by atoms with Crippen LogP contribution >= 0.6 is 11.8 Å². The number of hydrogen-bond donors (Lipinski definition) is 0. The van der Waals surface area contributed by atoms with Crippen LogP contribution in [0.5, 0.6) is 11.6 Å². The molecule has 0 amide bonds. The van der Waals surface area contributed by atoms with Crippen LogP contribution in [0.4, 0.5) is 14.6 Å². The number of pyridine rings is 1. The van der Waals surface area contributed by atoms with Crippen LogP contribution in [0.3, 0.4) is 0 Å². The molecule has 1 aliphatic heterocycles. The second-order valence-corrected chi connectivity index (χ2v) is 8.88. The van der Waals surface area contributed by atoms with Crippen LogP contribution in [-0.2, 0) is 11.2 Å². The molecule has 0 unspecified atom stereocenters. The molecular weight excluding hydrogens is 474 g/mol. The van der Waals surface area contributed by atoms with Gasteiger partial charge in [0.05, 0.1) is 6.54 Å². The van der Waals surface area contributed by atoms with E-state index in [0.717, 1.165) is 0 Å². The predicted molar refractivity (Wildman–Crippen MR) is 133 cm³/mol. The van der Waals surface area contributed by atoms with Crippen molar-refractivity contribution in [2.75, 3.05) is 45.3 Å². The lowest BCUT2D eigenvalue weighted by molar-refractivity contribution is 0.0512. The topological polar surface area (TPSA) is 69.6 Å². The number of methoxy groups -OCH3 is 1. The van der Waals surface area contributed by atoms with E-state index in [4.69, 9.17) is 14.2 Å². The molecule has 0 atom stereocenters. The van der Waals surface area contributed by atoms with Crippen LogP contribution in [0.15, 0.2) is 29.4 Å². The lowest BCUT2D eigenvalue weighted by atomic mass is 9.94. The normalized spacial score (nSPS) is 13.3. The minimum atomic E-state index is -0.627. The summed E-state index contributed by atoms with van der Waals surface area (Å²) in [4.78, 5) is 15.6. The minimum absolute atomic E-state index is 0.00870. The molecule has 0 radical (unpaired) electrons. The van der Waals surface area contributed by atoms with Crippen molar-refractivity contribution in [2.45, 2.75) is 18.5 Å². The maximum absolute atomic E-state index is 16.3. The van der Waals surface area contributed by atoms with Crippen molar-refractivity contribution in [2.24, 2.45) is 0 Å². The molecule has 0 fully saturated rings. The molecule has 0 saturated carbocycles. The second-order valence-electron chi connectivity index (χ2n) is 8.11. The number of fused-ring (bicyclic) bond motifs is 1. The van der Waals surface area contributed by atoms with E-state index in [1.807, 2.05) is 25.1 Å². The quantitative estimate of drug-likeness (QED) is 0.204. The van der Waals surface area contributed by atoms with Crippen LogP contribution in [0.2, 0.25) is 0 Å². The molecule has 2 aromatic heterocycles. The maximum Gasteiger partial charge on any atom is 0.227 e. The summed E-state index contributed by atoms with van der Waals surface area (Å²) in [6.07, 6.45) is 2.25. The number of halogens is 2. The zero-order valence-electron chi connectivity index (χ0n) is 19.8. The molecule has 35 heavy (non-hydrogen) atoms. The molecule has 4 aromatic rings. The number of ether oxygens (including phenoxy) is 3. The third kappa shape index (κ3) is 4.00. The number of aryl methyl sites for hydroxylation is 1. The van der Waals surface area contributed by atoms with Gasteiger partial charge in [-0.2, -0.15) is 0 Å². The molecule has 3 heterocycles. The number of likely N-dealkylation sites (N-methyl/N-ethyl adjacent to an activating group) is 1. The van der Waals surface area contributed by atoms with Gasteiger partial charge in [0.1, 0.15) is 40.6 Å². The fourth-order valence-corrected chi connectivity index (χ4v) is 4.73. The fourth-order valence-electron chi connectivity index (χ4n) is 4.37. The Kier molecular flexibility index (Phi) is 6.33. The van der Waals surface area contributed by atoms with E-state index in [2.05, 4.69) is 15.0 Å². The van der Waals surface area contributed by atoms with Gasteiger partial charge >= 0.3 is 0 Å². The Bertz CT molecular complexity index is 1450. The third-order valence-corrected chi connectivity index (χ3v) is 6.56. The molecular formula is C25H24F2N4O3S. The Hall–Kier alpha value is -3.24. The summed E-state index contributed by atoms with van der Waals surface area (Å²) in [5.74, 6) is 0.266. The van der Waals surface area contributed by atoms with E-state index in [9.17, 15) is 4.39 Å². The average Bonchev–Trinajstić information content (AvgIpc) is 3.03. The zero-order valence-corrected chi connectivity index (χ0v) is 20.6. The SMILES string of the molecule is CCc1c(F)ccc2cc(OCOC)cc(-c3nc4c5c(nc(SC)nc5c3F)N(C)CCO4)c12. The first kappa shape index (κ1) is 23.5. The number of aromatic nitrogens is 3. The molecule has 7 nitrogen and oxygen atoms in total. The Labute approximate surface area is 205 Å². The predicted octanol–water partition coefficient (Wildman–Crippen LogP) is 5.22. The summed E-state index contributed by atoms with van der Waals surface area (Å²) in [6.45, 7) is 2.77. The van der Waals surface area contributed by atoms with Gasteiger partial charge < -0.3 is 19.1 Å². The molecule has 2 aromatic carbocycles. The smallest absolute Gasteiger partial charge is 0.227 e. The monoisotopic (exact) mass is 498 g/mol. The lowest BCUT2D eigenvalue weighted by Crippen LogP contribution is -2.22. The highest BCUT2D eigenvalue weighted by molar-refractivity contribution is 7.98. The van der Waals surface area contributed by atoms with Crippen molar-refractivity contribution >= 4 is 39.3 Å². The number of rotatable bonds is 6. The summed E-state index contributed by atoms with van der Waals surface area (Å²) in [5.41, 5.74) is 0.991. The number of nitrogens with zero attached hydrogens (tertiary/aromatic N) is 4. The molecule has 0 N–H and O–H groups in total. The Balaban J connectivity index is 1.89. The van der Waals surface area contributed by atoms with Crippen molar-refractivity contribution in [3.63, 3.8) is 0 Å². The highest BCUT2D eigenvalue weighted by Gasteiger charge is 2.27. The van der Waals surface area contributed by atoms with Gasteiger partial charge in [0.25, 0.3) is 0 Å². The van der Waals surface area contributed by atoms with E-state index in [1.165, 1.54) is 24.9 Å². The minimum Gasteiger partial charge on any atom is -0.475 e. The van der Waals surface area contributed by atoms with E-state index in [0.29, 0.717) is 63.6 Å². The van der Waals surface area contributed by atoms with Crippen LogP contribution in [0.25, 0.3) is 32.9 Å². The number of benzene rings is 2. The Morgan fingerprint density at radius 2 is 1.97 bits per heavy atom. The first-order valence-electron chi connectivity index (χ1n) is 11.1. The van der Waals surface area contributed by atoms with E-state index in [1.54, 1.807) is 18.2 Å². The van der Waals surface area contributed by atoms with Crippen molar-refractivity contribution < 1.29 is 23.0 Å². The molecule has 0 saturated heterocycles. The first-order valence-corrected chi connectivity index (χ1v) is 12.4. The second kappa shape index (κ2) is 9.43. The van der Waals surface area contributed by atoms with E-state index < -0.39 is 5.82 Å². The lowest BCUT2D eigenvalue weighted by Gasteiger charge is -2.18. The van der Waals surface area contributed by atoms with Gasteiger partial charge in [-0.1, -0.05) is 24.8 Å². The van der Waals surface area contributed by atoms with Crippen LogP contribution in [-0.4, -0.2) is 55.3 Å². The molecule has 5 rings (SSSR count). The van der Waals surface area contributed by atoms with Gasteiger partial charge in [0.2, 0.25) is 5.88 Å². The molecule has 10 heteroatoms. The largest absolute Gasteiger partial charge is 0.475 e. The van der Waals surface area contributed by atoms with Crippen LogP contribution in [0.1, 0.15) is 12.5 Å². The molecule has 0 aliphatic carbocycles.